The van der Waals surface area contributed by atoms with Crippen molar-refractivity contribution >= 4 is 0 Å². The molecule has 0 saturated heterocycles. The lowest BCUT2D eigenvalue weighted by Crippen LogP contribution is -2.36. The maximum atomic E-state index is 9.59. The van der Waals surface area contributed by atoms with E-state index in [9.17, 15) is 5.11 Å². The Labute approximate surface area is 124 Å². The van der Waals surface area contributed by atoms with Crippen LogP contribution in [0.1, 0.15) is 30.4 Å². The molecule has 2 nitrogen and oxygen atoms in total. The normalized spacial score (nSPS) is 26.6. The van der Waals surface area contributed by atoms with E-state index in [-0.39, 0.29) is 11.5 Å². The number of benzene rings is 2. The van der Waals surface area contributed by atoms with Crippen LogP contribution in [0.4, 0.5) is 0 Å². The summed E-state index contributed by atoms with van der Waals surface area (Å²) >= 11 is 0. The molecule has 0 radical (unpaired) electrons. The molecule has 1 aliphatic carbocycles. The smallest absolute Gasteiger partial charge is 0.124 e. The number of hydrogen-bond acceptors (Lipinski definition) is 2. The topological polar surface area (TPSA) is 29.5 Å². The van der Waals surface area contributed by atoms with Gasteiger partial charge in [-0.3, -0.25) is 0 Å². The van der Waals surface area contributed by atoms with Gasteiger partial charge in [0.2, 0.25) is 0 Å². The maximum absolute atomic E-state index is 9.59. The van der Waals surface area contributed by atoms with E-state index in [1.54, 1.807) is 12.1 Å². The van der Waals surface area contributed by atoms with Gasteiger partial charge in [0.1, 0.15) is 17.6 Å². The highest BCUT2D eigenvalue weighted by Crippen LogP contribution is 2.51. The van der Waals surface area contributed by atoms with E-state index in [0.29, 0.717) is 5.75 Å². The van der Waals surface area contributed by atoms with Crippen molar-refractivity contribution in [2.75, 3.05) is 0 Å². The second-order valence-corrected chi connectivity index (χ2v) is 5.85. The highest BCUT2D eigenvalue weighted by molar-refractivity contribution is 5.56. The summed E-state index contributed by atoms with van der Waals surface area (Å²) < 4.78 is 6.27. The molecule has 0 amide bonds. The summed E-state index contributed by atoms with van der Waals surface area (Å²) in [5.74, 6) is 1.29. The predicted octanol–water partition coefficient (Wildman–Crippen LogP) is 4.18. The van der Waals surface area contributed by atoms with Gasteiger partial charge in [-0.15, -0.1) is 0 Å². The van der Waals surface area contributed by atoms with Crippen LogP contribution in [0.15, 0.2) is 60.7 Å². The lowest BCUT2D eigenvalue weighted by Gasteiger charge is -2.31. The molecule has 4 rings (SSSR count). The van der Waals surface area contributed by atoms with E-state index >= 15 is 0 Å². The Morgan fingerprint density at radius 2 is 1.86 bits per heavy atom. The fourth-order valence-electron chi connectivity index (χ4n) is 3.68. The molecule has 2 atom stereocenters. The van der Waals surface area contributed by atoms with Crippen molar-refractivity contribution < 1.29 is 9.84 Å². The monoisotopic (exact) mass is 278 g/mol. The van der Waals surface area contributed by atoms with E-state index in [1.165, 1.54) is 11.1 Å². The predicted molar refractivity (Wildman–Crippen MR) is 82.7 cm³/mol. The van der Waals surface area contributed by atoms with Gasteiger partial charge in [0, 0.05) is 5.56 Å². The molecule has 2 aromatic rings. The van der Waals surface area contributed by atoms with Crippen LogP contribution in [0.2, 0.25) is 0 Å². The quantitative estimate of drug-likeness (QED) is 0.793. The average molecular weight is 278 g/mol. The Balaban J connectivity index is 1.97. The zero-order valence-electron chi connectivity index (χ0n) is 11.8. The van der Waals surface area contributed by atoms with Crippen molar-refractivity contribution in [3.8, 4) is 11.5 Å². The van der Waals surface area contributed by atoms with Gasteiger partial charge in [-0.05, 0) is 43.0 Å². The molecule has 0 saturated carbocycles. The van der Waals surface area contributed by atoms with Crippen LogP contribution in [-0.4, -0.2) is 11.2 Å². The highest BCUT2D eigenvalue weighted by Gasteiger charge is 2.48. The standard InChI is InChI=1S/C19H18O2/c20-15-11-9-14(10-12-15)19-13-5-1-2-8-18(19)21-17-7-4-3-6-16(17)19/h3-7,9-13,18,20H,1-2,8H2/t18-,19?/m0/s1. The lowest BCUT2D eigenvalue weighted by atomic mass is 9.71. The summed E-state index contributed by atoms with van der Waals surface area (Å²) in [6, 6.07) is 15.9. The summed E-state index contributed by atoms with van der Waals surface area (Å²) in [5.41, 5.74) is 2.20. The van der Waals surface area contributed by atoms with E-state index in [2.05, 4.69) is 30.4 Å². The van der Waals surface area contributed by atoms with Gasteiger partial charge in [0.05, 0.1) is 5.41 Å². The molecule has 1 unspecified atom stereocenters. The SMILES string of the molecule is Oc1ccc(C23C=CCCC[C@@H]2Oc2ccccc23)cc1. The fraction of sp³-hybridized carbons (Fsp3) is 0.263. The molecule has 1 heterocycles. The Bertz CT molecular complexity index is 687. The number of hydrogen-bond donors (Lipinski definition) is 1. The van der Waals surface area contributed by atoms with Crippen LogP contribution in [0.25, 0.3) is 0 Å². The molecule has 21 heavy (non-hydrogen) atoms. The number of phenols is 1. The Hall–Kier alpha value is -2.22. The molecular formula is C19H18O2. The van der Waals surface area contributed by atoms with Crippen molar-refractivity contribution in [2.45, 2.75) is 30.8 Å². The molecule has 2 aromatic carbocycles. The zero-order valence-corrected chi connectivity index (χ0v) is 11.8. The van der Waals surface area contributed by atoms with Crippen LogP contribution >= 0.6 is 0 Å². The molecule has 106 valence electrons. The van der Waals surface area contributed by atoms with Crippen molar-refractivity contribution in [2.24, 2.45) is 0 Å². The maximum Gasteiger partial charge on any atom is 0.124 e. The largest absolute Gasteiger partial charge is 0.508 e. The molecule has 0 bridgehead atoms. The average Bonchev–Trinajstić information content (AvgIpc) is 2.68. The van der Waals surface area contributed by atoms with Crippen LogP contribution < -0.4 is 4.74 Å². The number of aromatic hydroxyl groups is 1. The number of fused-ring (bicyclic) bond motifs is 3. The molecule has 1 aliphatic heterocycles. The third-order valence-electron chi connectivity index (χ3n) is 4.67. The Morgan fingerprint density at radius 3 is 2.71 bits per heavy atom. The minimum Gasteiger partial charge on any atom is -0.508 e. The second kappa shape index (κ2) is 4.66. The van der Waals surface area contributed by atoms with Gasteiger partial charge in [-0.1, -0.05) is 42.5 Å². The second-order valence-electron chi connectivity index (χ2n) is 5.85. The van der Waals surface area contributed by atoms with Gasteiger partial charge >= 0.3 is 0 Å². The van der Waals surface area contributed by atoms with Crippen molar-refractivity contribution in [3.63, 3.8) is 0 Å². The van der Waals surface area contributed by atoms with E-state index in [1.807, 2.05) is 18.2 Å². The van der Waals surface area contributed by atoms with Crippen molar-refractivity contribution in [1.82, 2.24) is 0 Å². The fourth-order valence-corrected chi connectivity index (χ4v) is 3.68. The summed E-state index contributed by atoms with van der Waals surface area (Å²) in [7, 11) is 0. The molecular weight excluding hydrogens is 260 g/mol. The minimum atomic E-state index is -0.221. The van der Waals surface area contributed by atoms with Gasteiger partial charge < -0.3 is 9.84 Å². The van der Waals surface area contributed by atoms with Gasteiger partial charge in [0.15, 0.2) is 0 Å². The third kappa shape index (κ3) is 1.79. The summed E-state index contributed by atoms with van der Waals surface area (Å²) in [5, 5.41) is 9.59. The first-order valence-electron chi connectivity index (χ1n) is 7.54. The molecule has 0 aromatic heterocycles. The number of allylic oxidation sites excluding steroid dienone is 1. The Kier molecular flexibility index (Phi) is 2.78. The molecule has 2 heteroatoms. The number of para-hydroxylation sites is 1. The van der Waals surface area contributed by atoms with Gasteiger partial charge in [0.25, 0.3) is 0 Å². The Morgan fingerprint density at radius 1 is 1.05 bits per heavy atom. The van der Waals surface area contributed by atoms with E-state index in [0.717, 1.165) is 25.0 Å². The zero-order chi connectivity index (χ0) is 14.3. The lowest BCUT2D eigenvalue weighted by molar-refractivity contribution is 0.179. The third-order valence-corrected chi connectivity index (χ3v) is 4.67. The minimum absolute atomic E-state index is 0.137. The van der Waals surface area contributed by atoms with Crippen LogP contribution in [0.5, 0.6) is 11.5 Å². The summed E-state index contributed by atoms with van der Waals surface area (Å²) in [6.45, 7) is 0. The molecule has 2 aliphatic rings. The molecule has 0 spiro atoms. The van der Waals surface area contributed by atoms with Crippen molar-refractivity contribution in [1.29, 1.82) is 0 Å². The van der Waals surface area contributed by atoms with Crippen LogP contribution in [0.3, 0.4) is 0 Å². The summed E-state index contributed by atoms with van der Waals surface area (Å²) in [6.07, 6.45) is 8.01. The number of ether oxygens (including phenoxy) is 1. The van der Waals surface area contributed by atoms with E-state index in [4.69, 9.17) is 4.74 Å². The van der Waals surface area contributed by atoms with Crippen LogP contribution in [0, 0.1) is 0 Å². The molecule has 1 N–H and O–H groups in total. The number of phenolic OH excluding ortho intramolecular Hbond substituents is 1. The number of rotatable bonds is 1. The van der Waals surface area contributed by atoms with Gasteiger partial charge in [-0.2, -0.15) is 0 Å². The van der Waals surface area contributed by atoms with Gasteiger partial charge in [-0.25, -0.2) is 0 Å². The van der Waals surface area contributed by atoms with Crippen molar-refractivity contribution in [3.05, 3.63) is 71.8 Å². The van der Waals surface area contributed by atoms with Crippen LogP contribution in [-0.2, 0) is 5.41 Å². The van der Waals surface area contributed by atoms with E-state index < -0.39 is 0 Å². The first-order chi connectivity index (χ1) is 10.3. The molecule has 0 fully saturated rings. The summed E-state index contributed by atoms with van der Waals surface area (Å²) in [4.78, 5) is 0. The first-order valence-corrected chi connectivity index (χ1v) is 7.54. The highest BCUT2D eigenvalue weighted by atomic mass is 16.5. The first kappa shape index (κ1) is 12.5.